The van der Waals surface area contributed by atoms with E-state index < -0.39 is 15.7 Å². The van der Waals surface area contributed by atoms with Gasteiger partial charge in [0.25, 0.3) is 10.2 Å². The van der Waals surface area contributed by atoms with Crippen LogP contribution in [0.3, 0.4) is 0 Å². The van der Waals surface area contributed by atoms with Crippen LogP contribution in [-0.2, 0) is 19.7 Å². The number of carbonyl (C=O) groups is 1. The summed E-state index contributed by atoms with van der Waals surface area (Å²) < 4.78 is 33.0. The van der Waals surface area contributed by atoms with Crippen LogP contribution >= 0.6 is 0 Å². The van der Waals surface area contributed by atoms with Crippen LogP contribution in [0.25, 0.3) is 0 Å². The number of ether oxygens (including phenoxy) is 1. The summed E-state index contributed by atoms with van der Waals surface area (Å²) in [5.41, 5.74) is 4.88. The molecular weight excluding hydrogens is 296 g/mol. The number of hydrogen-bond acceptors (Lipinski definition) is 5. The van der Waals surface area contributed by atoms with Gasteiger partial charge in [0, 0.05) is 39.3 Å². The van der Waals surface area contributed by atoms with Crippen molar-refractivity contribution in [1.82, 2.24) is 13.5 Å². The zero-order valence-corrected chi connectivity index (χ0v) is 13.4. The lowest BCUT2D eigenvalue weighted by molar-refractivity contribution is -0.137. The molecule has 2 aliphatic rings. The molecule has 2 saturated heterocycles. The lowest BCUT2D eigenvalue weighted by atomic mass is 10.1. The van der Waals surface area contributed by atoms with E-state index in [1.807, 2.05) is 0 Å². The monoisotopic (exact) mass is 320 g/mol. The zero-order chi connectivity index (χ0) is 15.7. The van der Waals surface area contributed by atoms with Gasteiger partial charge in [-0.1, -0.05) is 0 Å². The van der Waals surface area contributed by atoms with Gasteiger partial charge >= 0.3 is 0 Å². The molecule has 0 saturated carbocycles. The van der Waals surface area contributed by atoms with Gasteiger partial charge in [-0.05, 0) is 13.8 Å². The van der Waals surface area contributed by atoms with Crippen molar-refractivity contribution in [2.75, 3.05) is 52.5 Å². The molecule has 0 spiro atoms. The summed E-state index contributed by atoms with van der Waals surface area (Å²) in [4.78, 5) is 13.7. The average Bonchev–Trinajstić information content (AvgIpc) is 2.46. The maximum absolute atomic E-state index is 12.5. The molecule has 8 nitrogen and oxygen atoms in total. The van der Waals surface area contributed by atoms with Crippen LogP contribution in [0.5, 0.6) is 0 Å². The molecule has 2 rings (SSSR count). The van der Waals surface area contributed by atoms with Gasteiger partial charge in [-0.15, -0.1) is 0 Å². The van der Waals surface area contributed by atoms with Crippen molar-refractivity contribution < 1.29 is 17.9 Å². The first-order valence-corrected chi connectivity index (χ1v) is 8.54. The summed E-state index contributed by atoms with van der Waals surface area (Å²) in [6, 6.07) is 0. The summed E-state index contributed by atoms with van der Waals surface area (Å²) >= 11 is 0. The Morgan fingerprint density at radius 3 is 1.95 bits per heavy atom. The number of piperazine rings is 1. The van der Waals surface area contributed by atoms with Gasteiger partial charge in [-0.2, -0.15) is 17.0 Å². The molecule has 0 aromatic carbocycles. The normalized spacial score (nSPS) is 23.3. The summed E-state index contributed by atoms with van der Waals surface area (Å²) in [6.45, 7) is 6.32. The fourth-order valence-corrected chi connectivity index (χ4v) is 4.03. The Hall–Kier alpha value is -0.740. The van der Waals surface area contributed by atoms with Gasteiger partial charge in [0.15, 0.2) is 0 Å². The molecule has 0 aliphatic carbocycles. The third-order valence-corrected chi connectivity index (χ3v) is 5.74. The van der Waals surface area contributed by atoms with Crippen LogP contribution in [0.2, 0.25) is 0 Å². The first-order chi connectivity index (χ1) is 9.73. The minimum Gasteiger partial charge on any atom is -0.379 e. The molecule has 0 aromatic rings. The van der Waals surface area contributed by atoms with Crippen LogP contribution < -0.4 is 5.73 Å². The van der Waals surface area contributed by atoms with Crippen LogP contribution in [-0.4, -0.2) is 85.9 Å². The molecule has 0 bridgehead atoms. The molecule has 2 N–H and O–H groups in total. The van der Waals surface area contributed by atoms with Crippen molar-refractivity contribution >= 4 is 16.1 Å². The van der Waals surface area contributed by atoms with Crippen molar-refractivity contribution in [2.45, 2.75) is 19.4 Å². The molecule has 2 heterocycles. The van der Waals surface area contributed by atoms with Crippen molar-refractivity contribution in [2.24, 2.45) is 5.73 Å². The Morgan fingerprint density at radius 1 is 1.00 bits per heavy atom. The Kier molecular flexibility index (Phi) is 4.89. The second-order valence-electron chi connectivity index (χ2n) is 5.93. The maximum atomic E-state index is 12.5. The molecule has 0 unspecified atom stereocenters. The molecular formula is C12H24N4O4S. The molecule has 0 aromatic heterocycles. The summed E-state index contributed by atoms with van der Waals surface area (Å²) in [7, 11) is -3.45. The topological polar surface area (TPSA) is 96.2 Å². The minimum atomic E-state index is -3.45. The number of nitrogens with two attached hydrogens (primary N) is 1. The fraction of sp³-hybridized carbons (Fsp3) is 0.917. The van der Waals surface area contributed by atoms with E-state index in [4.69, 9.17) is 10.5 Å². The van der Waals surface area contributed by atoms with Crippen molar-refractivity contribution in [3.05, 3.63) is 0 Å². The number of rotatable bonds is 3. The van der Waals surface area contributed by atoms with E-state index in [-0.39, 0.29) is 5.91 Å². The van der Waals surface area contributed by atoms with Crippen molar-refractivity contribution in [3.8, 4) is 0 Å². The largest absolute Gasteiger partial charge is 0.379 e. The van der Waals surface area contributed by atoms with E-state index in [2.05, 4.69) is 0 Å². The van der Waals surface area contributed by atoms with E-state index in [9.17, 15) is 13.2 Å². The lowest BCUT2D eigenvalue weighted by Gasteiger charge is -2.39. The van der Waals surface area contributed by atoms with Crippen LogP contribution in [0.4, 0.5) is 0 Å². The Balaban J connectivity index is 1.95. The number of nitrogens with zero attached hydrogens (tertiary/aromatic N) is 3. The van der Waals surface area contributed by atoms with Crippen LogP contribution in [0.15, 0.2) is 0 Å². The first-order valence-electron chi connectivity index (χ1n) is 7.14. The molecule has 0 radical (unpaired) electrons. The predicted molar refractivity (Wildman–Crippen MR) is 77.7 cm³/mol. The zero-order valence-electron chi connectivity index (χ0n) is 12.6. The van der Waals surface area contributed by atoms with Crippen LogP contribution in [0.1, 0.15) is 13.8 Å². The Morgan fingerprint density at radius 2 is 1.48 bits per heavy atom. The van der Waals surface area contributed by atoms with Gasteiger partial charge in [0.2, 0.25) is 5.91 Å². The van der Waals surface area contributed by atoms with E-state index in [1.54, 1.807) is 18.7 Å². The predicted octanol–water partition coefficient (Wildman–Crippen LogP) is -1.56. The number of amides is 1. The maximum Gasteiger partial charge on any atom is 0.282 e. The lowest BCUT2D eigenvalue weighted by Crippen LogP contribution is -2.59. The summed E-state index contributed by atoms with van der Waals surface area (Å²) in [5.74, 6) is -0.147. The van der Waals surface area contributed by atoms with Gasteiger partial charge in [0.05, 0.1) is 18.8 Å². The highest BCUT2D eigenvalue weighted by Gasteiger charge is 2.36. The highest BCUT2D eigenvalue weighted by molar-refractivity contribution is 7.86. The minimum absolute atomic E-state index is 0.147. The Bertz CT molecular complexity index is 474. The fourth-order valence-electron chi connectivity index (χ4n) is 2.47. The molecule has 0 atom stereocenters. The quantitative estimate of drug-likeness (QED) is 0.679. The first kappa shape index (κ1) is 16.6. The smallest absolute Gasteiger partial charge is 0.282 e. The van der Waals surface area contributed by atoms with Crippen molar-refractivity contribution in [1.29, 1.82) is 0 Å². The average molecular weight is 320 g/mol. The molecule has 21 heavy (non-hydrogen) atoms. The summed E-state index contributed by atoms with van der Waals surface area (Å²) in [6.07, 6.45) is 0. The van der Waals surface area contributed by atoms with Gasteiger partial charge in [-0.25, -0.2) is 0 Å². The van der Waals surface area contributed by atoms with E-state index in [0.29, 0.717) is 52.5 Å². The molecule has 1 amide bonds. The third-order valence-electron chi connectivity index (χ3n) is 3.70. The van der Waals surface area contributed by atoms with E-state index in [0.717, 1.165) is 0 Å². The van der Waals surface area contributed by atoms with Crippen LogP contribution in [0, 0.1) is 0 Å². The van der Waals surface area contributed by atoms with Crippen molar-refractivity contribution in [3.63, 3.8) is 0 Å². The van der Waals surface area contributed by atoms with E-state index in [1.165, 1.54) is 8.61 Å². The highest BCUT2D eigenvalue weighted by Crippen LogP contribution is 2.15. The third kappa shape index (κ3) is 3.72. The van der Waals surface area contributed by atoms with E-state index >= 15 is 0 Å². The standard InChI is InChI=1S/C12H24N4O4S/c1-12(2,13)11(17)14-3-5-15(6-4-14)21(18,19)16-7-9-20-10-8-16/h3-10,13H2,1-2H3. The number of carbonyl (C=O) groups excluding carboxylic acids is 1. The number of hydrogen-bond donors (Lipinski definition) is 1. The SMILES string of the molecule is CC(C)(N)C(=O)N1CCN(S(=O)(=O)N2CCOCC2)CC1. The molecule has 2 fully saturated rings. The second-order valence-corrected chi connectivity index (χ2v) is 7.86. The number of morpholine rings is 1. The Labute approximate surface area is 126 Å². The van der Waals surface area contributed by atoms with Gasteiger partial charge in [0.1, 0.15) is 0 Å². The van der Waals surface area contributed by atoms with Gasteiger partial charge in [-0.3, -0.25) is 4.79 Å². The summed E-state index contributed by atoms with van der Waals surface area (Å²) in [5, 5.41) is 0. The highest BCUT2D eigenvalue weighted by atomic mass is 32.2. The molecule has 122 valence electrons. The second kappa shape index (κ2) is 6.17. The molecule has 9 heteroatoms. The molecule has 2 aliphatic heterocycles. The van der Waals surface area contributed by atoms with Gasteiger partial charge < -0.3 is 15.4 Å².